The first-order valence-electron chi connectivity index (χ1n) is 8.93. The molecule has 144 valence electrons. The van der Waals surface area contributed by atoms with Crippen LogP contribution in [0.2, 0.25) is 0 Å². The first-order valence-corrected chi connectivity index (χ1v) is 9.87. The number of hydrogen-bond donors (Lipinski definition) is 1. The number of carbonyl (C=O) groups is 4. The minimum absolute atomic E-state index is 0.104. The number of hydrogen-bond acceptors (Lipinski definition) is 5. The molecule has 1 aliphatic heterocycles. The number of ketones is 1. The number of thiophene rings is 1. The quantitative estimate of drug-likeness (QED) is 0.674. The van der Waals surface area contributed by atoms with Gasteiger partial charge >= 0.3 is 6.03 Å². The molecule has 1 aliphatic rings. The fraction of sp³-hybridized carbons (Fsp3) is 0.0909. The molecule has 0 radical (unpaired) electrons. The van der Waals surface area contributed by atoms with Crippen LogP contribution in [0.15, 0.2) is 71.4 Å². The molecule has 7 heteroatoms. The number of anilines is 1. The number of para-hydroxylation sites is 1. The summed E-state index contributed by atoms with van der Waals surface area (Å²) in [4.78, 5) is 51.8. The van der Waals surface area contributed by atoms with Gasteiger partial charge in [-0.25, -0.2) is 9.69 Å². The summed E-state index contributed by atoms with van der Waals surface area (Å²) in [6.07, 6.45) is 0.104. The van der Waals surface area contributed by atoms with Crippen LogP contribution in [0.4, 0.5) is 10.5 Å². The SMILES string of the molecule is O=C(NC(=O)N1C(=O)C(C(=O)Cc2ccsc2)c2ccccc21)c1ccccc1. The lowest BCUT2D eigenvalue weighted by atomic mass is 9.93. The smallest absolute Gasteiger partial charge is 0.298 e. The molecule has 0 saturated heterocycles. The number of amides is 4. The van der Waals surface area contributed by atoms with E-state index in [4.69, 9.17) is 0 Å². The molecular weight excluding hydrogens is 388 g/mol. The average Bonchev–Trinajstić information content (AvgIpc) is 3.33. The van der Waals surface area contributed by atoms with Crippen molar-refractivity contribution in [3.8, 4) is 0 Å². The zero-order chi connectivity index (χ0) is 20.4. The van der Waals surface area contributed by atoms with Gasteiger partial charge in [-0.05, 0) is 46.2 Å². The van der Waals surface area contributed by atoms with Gasteiger partial charge in [-0.3, -0.25) is 19.7 Å². The second-order valence-electron chi connectivity index (χ2n) is 6.57. The summed E-state index contributed by atoms with van der Waals surface area (Å²) in [5.74, 6) is -2.62. The lowest BCUT2D eigenvalue weighted by Gasteiger charge is -2.16. The summed E-state index contributed by atoms with van der Waals surface area (Å²) in [5, 5.41) is 5.95. The highest BCUT2D eigenvalue weighted by Crippen LogP contribution is 2.38. The maximum atomic E-state index is 13.0. The molecule has 0 aliphatic carbocycles. The van der Waals surface area contributed by atoms with Crippen LogP contribution in [-0.4, -0.2) is 23.6 Å². The van der Waals surface area contributed by atoms with E-state index in [2.05, 4.69) is 5.32 Å². The summed E-state index contributed by atoms with van der Waals surface area (Å²) < 4.78 is 0. The lowest BCUT2D eigenvalue weighted by molar-refractivity contribution is -0.127. The molecule has 1 aromatic heterocycles. The zero-order valence-electron chi connectivity index (χ0n) is 15.2. The van der Waals surface area contributed by atoms with Crippen molar-refractivity contribution >= 4 is 40.7 Å². The lowest BCUT2D eigenvalue weighted by Crippen LogP contribution is -2.46. The van der Waals surface area contributed by atoms with Gasteiger partial charge in [-0.2, -0.15) is 11.3 Å². The highest BCUT2D eigenvalue weighted by molar-refractivity contribution is 7.08. The molecule has 2 heterocycles. The Kier molecular flexibility index (Phi) is 5.05. The van der Waals surface area contributed by atoms with Crippen LogP contribution in [0.3, 0.4) is 0 Å². The maximum absolute atomic E-state index is 13.0. The highest BCUT2D eigenvalue weighted by Gasteiger charge is 2.44. The minimum Gasteiger partial charge on any atom is -0.298 e. The van der Waals surface area contributed by atoms with Crippen LogP contribution in [0.25, 0.3) is 0 Å². The number of Topliss-reactive ketones (excluding diaryl/α,β-unsaturated/α-hetero) is 1. The third-order valence-corrected chi connectivity index (χ3v) is 5.43. The topological polar surface area (TPSA) is 83.6 Å². The number of nitrogens with zero attached hydrogens (tertiary/aromatic N) is 1. The second-order valence-corrected chi connectivity index (χ2v) is 7.35. The summed E-state index contributed by atoms with van der Waals surface area (Å²) in [5.41, 5.74) is 1.91. The molecule has 4 rings (SSSR count). The third kappa shape index (κ3) is 3.60. The molecule has 3 aromatic rings. The Morgan fingerprint density at radius 3 is 2.41 bits per heavy atom. The number of imide groups is 2. The number of rotatable bonds is 4. The van der Waals surface area contributed by atoms with Crippen molar-refractivity contribution in [1.29, 1.82) is 0 Å². The van der Waals surface area contributed by atoms with Crippen LogP contribution in [0.5, 0.6) is 0 Å². The number of carbonyl (C=O) groups excluding carboxylic acids is 4. The van der Waals surface area contributed by atoms with Crippen LogP contribution in [-0.2, 0) is 16.0 Å². The molecule has 0 bridgehead atoms. The van der Waals surface area contributed by atoms with Crippen molar-refractivity contribution in [2.45, 2.75) is 12.3 Å². The Bertz CT molecular complexity index is 1090. The van der Waals surface area contributed by atoms with E-state index < -0.39 is 23.8 Å². The van der Waals surface area contributed by atoms with Gasteiger partial charge in [0, 0.05) is 12.0 Å². The van der Waals surface area contributed by atoms with Crippen molar-refractivity contribution in [3.63, 3.8) is 0 Å². The van der Waals surface area contributed by atoms with E-state index in [1.54, 1.807) is 54.6 Å². The van der Waals surface area contributed by atoms with Crippen molar-refractivity contribution in [2.24, 2.45) is 0 Å². The zero-order valence-corrected chi connectivity index (χ0v) is 16.0. The standard InChI is InChI=1S/C22H16N2O4S/c25-18(12-14-10-11-29-13-14)19-16-8-4-5-9-17(16)24(21(19)27)22(28)23-20(26)15-6-2-1-3-7-15/h1-11,13,19H,12H2,(H,23,26,28). The third-order valence-electron chi connectivity index (χ3n) is 4.70. The number of nitrogens with one attached hydrogen (secondary N) is 1. The Labute approximate surface area is 170 Å². The van der Waals surface area contributed by atoms with Crippen LogP contribution < -0.4 is 10.2 Å². The van der Waals surface area contributed by atoms with Gasteiger partial charge in [-0.15, -0.1) is 0 Å². The largest absolute Gasteiger partial charge is 0.335 e. The van der Waals surface area contributed by atoms with E-state index in [0.29, 0.717) is 16.8 Å². The number of fused-ring (bicyclic) bond motifs is 1. The summed E-state index contributed by atoms with van der Waals surface area (Å²) in [6.45, 7) is 0. The predicted molar refractivity (Wildman–Crippen MR) is 109 cm³/mol. The number of urea groups is 1. The Balaban J connectivity index is 1.59. The van der Waals surface area contributed by atoms with Crippen molar-refractivity contribution in [1.82, 2.24) is 5.32 Å². The monoisotopic (exact) mass is 404 g/mol. The number of benzene rings is 2. The van der Waals surface area contributed by atoms with Gasteiger partial charge < -0.3 is 0 Å². The van der Waals surface area contributed by atoms with Gasteiger partial charge in [0.05, 0.1) is 5.69 Å². The van der Waals surface area contributed by atoms with Crippen LogP contribution in [0, 0.1) is 0 Å². The van der Waals surface area contributed by atoms with E-state index in [1.165, 1.54) is 11.3 Å². The molecular formula is C22H16N2O4S. The molecule has 1 unspecified atom stereocenters. The first kappa shape index (κ1) is 18.8. The van der Waals surface area contributed by atoms with Gasteiger partial charge in [0.2, 0.25) is 5.91 Å². The predicted octanol–water partition coefficient (Wildman–Crippen LogP) is 3.54. The Morgan fingerprint density at radius 1 is 0.966 bits per heavy atom. The van der Waals surface area contributed by atoms with Crippen molar-refractivity contribution in [2.75, 3.05) is 4.90 Å². The Hall–Kier alpha value is -3.58. The van der Waals surface area contributed by atoms with Crippen LogP contribution in [0.1, 0.15) is 27.4 Å². The highest BCUT2D eigenvalue weighted by atomic mass is 32.1. The molecule has 0 saturated carbocycles. The summed E-state index contributed by atoms with van der Waals surface area (Å²) in [6, 6.07) is 15.8. The van der Waals surface area contributed by atoms with Gasteiger partial charge in [-0.1, -0.05) is 36.4 Å². The molecule has 1 N–H and O–H groups in total. The molecule has 0 spiro atoms. The van der Waals surface area contributed by atoms with Gasteiger partial charge in [0.1, 0.15) is 5.92 Å². The van der Waals surface area contributed by atoms with E-state index in [1.807, 2.05) is 16.8 Å². The summed E-state index contributed by atoms with van der Waals surface area (Å²) in [7, 11) is 0. The Morgan fingerprint density at radius 2 is 1.69 bits per heavy atom. The molecule has 2 aromatic carbocycles. The molecule has 6 nitrogen and oxygen atoms in total. The first-order chi connectivity index (χ1) is 14.1. The molecule has 29 heavy (non-hydrogen) atoms. The van der Waals surface area contributed by atoms with E-state index >= 15 is 0 Å². The second kappa shape index (κ2) is 7.81. The minimum atomic E-state index is -1.07. The normalized spacial score (nSPS) is 15.1. The maximum Gasteiger partial charge on any atom is 0.335 e. The van der Waals surface area contributed by atoms with Gasteiger partial charge in [0.25, 0.3) is 5.91 Å². The van der Waals surface area contributed by atoms with Gasteiger partial charge in [0.15, 0.2) is 5.78 Å². The van der Waals surface area contributed by atoms with Crippen molar-refractivity contribution in [3.05, 3.63) is 88.1 Å². The van der Waals surface area contributed by atoms with Crippen molar-refractivity contribution < 1.29 is 19.2 Å². The fourth-order valence-corrected chi connectivity index (χ4v) is 4.02. The van der Waals surface area contributed by atoms with E-state index in [-0.39, 0.29) is 12.2 Å². The molecule has 4 amide bonds. The summed E-state index contributed by atoms with van der Waals surface area (Å²) >= 11 is 1.47. The van der Waals surface area contributed by atoms with Crippen LogP contribution >= 0.6 is 11.3 Å². The molecule has 0 fully saturated rings. The molecule has 1 atom stereocenters. The van der Waals surface area contributed by atoms with E-state index in [9.17, 15) is 19.2 Å². The van der Waals surface area contributed by atoms with E-state index in [0.717, 1.165) is 10.5 Å². The fourth-order valence-electron chi connectivity index (χ4n) is 3.35. The average molecular weight is 404 g/mol.